The van der Waals surface area contributed by atoms with Gasteiger partial charge >= 0.3 is 5.69 Å². The molecule has 0 aliphatic rings. The molecule has 0 radical (unpaired) electrons. The van der Waals surface area contributed by atoms with E-state index in [9.17, 15) is 9.59 Å². The maximum atomic E-state index is 12.1. The van der Waals surface area contributed by atoms with Crippen LogP contribution in [0.5, 0.6) is 0 Å². The van der Waals surface area contributed by atoms with E-state index < -0.39 is 0 Å². The van der Waals surface area contributed by atoms with Crippen LogP contribution in [0.25, 0.3) is 0 Å². The van der Waals surface area contributed by atoms with Gasteiger partial charge in [-0.25, -0.2) is 4.79 Å². The largest absolute Gasteiger partial charge is 0.331 e. The van der Waals surface area contributed by atoms with Crippen molar-refractivity contribution < 1.29 is 0 Å². The molecular formula is C12H13BrN4O2. The zero-order valence-electron chi connectivity index (χ0n) is 10.1. The molecule has 6 nitrogen and oxygen atoms in total. The van der Waals surface area contributed by atoms with Crippen molar-refractivity contribution in [2.45, 2.75) is 13.1 Å². The molecule has 0 unspecified atom stereocenters. The van der Waals surface area contributed by atoms with Gasteiger partial charge in [-0.05, 0) is 27.6 Å². The Morgan fingerprint density at radius 3 is 2.79 bits per heavy atom. The smallest absolute Gasteiger partial charge is 0.329 e. The van der Waals surface area contributed by atoms with Crippen molar-refractivity contribution in [1.82, 2.24) is 14.1 Å². The Hall–Kier alpha value is -1.73. The molecule has 2 aromatic heterocycles. The number of aromatic nitrogens is 3. The molecule has 2 heterocycles. The monoisotopic (exact) mass is 324 g/mol. The number of hydrogen-bond donors (Lipinski definition) is 1. The zero-order chi connectivity index (χ0) is 13.8. The highest BCUT2D eigenvalue weighted by Crippen LogP contribution is 2.09. The van der Waals surface area contributed by atoms with Gasteiger partial charge in [-0.3, -0.25) is 18.9 Å². The fourth-order valence-electron chi connectivity index (χ4n) is 1.75. The summed E-state index contributed by atoms with van der Waals surface area (Å²) in [7, 11) is 0. The molecule has 0 amide bonds. The number of halogens is 1. The number of pyridine rings is 1. The summed E-state index contributed by atoms with van der Waals surface area (Å²) in [6.45, 7) is 0.822. The predicted octanol–water partition coefficient (Wildman–Crippen LogP) is 0.175. The lowest BCUT2D eigenvalue weighted by atomic mass is 10.3. The fourth-order valence-corrected chi connectivity index (χ4v) is 2.16. The van der Waals surface area contributed by atoms with Crippen molar-refractivity contribution in [3.8, 4) is 0 Å². The minimum Gasteiger partial charge on any atom is -0.329 e. The van der Waals surface area contributed by atoms with E-state index in [0.29, 0.717) is 6.54 Å². The van der Waals surface area contributed by atoms with Crippen LogP contribution in [0.2, 0.25) is 0 Å². The minimum absolute atomic E-state index is 0.218. The molecule has 0 bridgehead atoms. The summed E-state index contributed by atoms with van der Waals surface area (Å²) in [5.41, 5.74) is 5.57. The number of hydrogen-bond acceptors (Lipinski definition) is 4. The second-order valence-electron chi connectivity index (χ2n) is 4.02. The fraction of sp³-hybridized carbons (Fsp3) is 0.250. The lowest BCUT2D eigenvalue weighted by Gasteiger charge is -2.09. The van der Waals surface area contributed by atoms with Crippen LogP contribution in [0.1, 0.15) is 5.56 Å². The molecule has 0 fully saturated rings. The minimum atomic E-state index is -0.363. The third kappa shape index (κ3) is 3.18. The molecule has 0 aromatic carbocycles. The number of nitrogens with zero attached hydrogens (tertiary/aromatic N) is 3. The summed E-state index contributed by atoms with van der Waals surface area (Å²) < 4.78 is 3.43. The highest BCUT2D eigenvalue weighted by molar-refractivity contribution is 9.10. The third-order valence-corrected chi connectivity index (χ3v) is 3.04. The highest BCUT2D eigenvalue weighted by atomic mass is 79.9. The van der Waals surface area contributed by atoms with Gasteiger partial charge in [0.2, 0.25) is 0 Å². The van der Waals surface area contributed by atoms with Crippen molar-refractivity contribution in [1.29, 1.82) is 0 Å². The number of nitrogens with two attached hydrogens (primary N) is 1. The SMILES string of the molecule is NCCn1c(=O)ccn(Cc2cncc(Br)c2)c1=O. The molecule has 2 rings (SSSR count). The van der Waals surface area contributed by atoms with Crippen molar-refractivity contribution in [3.05, 3.63) is 61.6 Å². The zero-order valence-corrected chi connectivity index (χ0v) is 11.7. The summed E-state index contributed by atoms with van der Waals surface area (Å²) in [4.78, 5) is 27.7. The molecule has 7 heteroatoms. The van der Waals surface area contributed by atoms with Gasteiger partial charge in [0.25, 0.3) is 5.56 Å². The maximum absolute atomic E-state index is 12.1. The lowest BCUT2D eigenvalue weighted by molar-refractivity contribution is 0.579. The van der Waals surface area contributed by atoms with Gasteiger partial charge in [0, 0.05) is 42.2 Å². The topological polar surface area (TPSA) is 82.9 Å². The molecule has 0 spiro atoms. The van der Waals surface area contributed by atoms with Crippen LogP contribution in [0, 0.1) is 0 Å². The van der Waals surface area contributed by atoms with Crippen molar-refractivity contribution in [3.63, 3.8) is 0 Å². The summed E-state index contributed by atoms with van der Waals surface area (Å²) >= 11 is 3.32. The van der Waals surface area contributed by atoms with E-state index in [1.54, 1.807) is 12.4 Å². The van der Waals surface area contributed by atoms with Crippen LogP contribution in [0.15, 0.2) is 44.8 Å². The van der Waals surface area contributed by atoms with Gasteiger partial charge in [0.15, 0.2) is 0 Å². The Morgan fingerprint density at radius 1 is 1.32 bits per heavy atom. The van der Waals surface area contributed by atoms with E-state index in [-0.39, 0.29) is 24.3 Å². The summed E-state index contributed by atoms with van der Waals surface area (Å²) in [6, 6.07) is 3.24. The Bertz CT molecular complexity index is 693. The van der Waals surface area contributed by atoms with Crippen LogP contribution >= 0.6 is 15.9 Å². The predicted molar refractivity (Wildman–Crippen MR) is 75.1 cm³/mol. The van der Waals surface area contributed by atoms with Crippen LogP contribution in [0.3, 0.4) is 0 Å². The van der Waals surface area contributed by atoms with Crippen LogP contribution in [0.4, 0.5) is 0 Å². The van der Waals surface area contributed by atoms with Crippen molar-refractivity contribution in [2.75, 3.05) is 6.54 Å². The van der Waals surface area contributed by atoms with Crippen molar-refractivity contribution >= 4 is 15.9 Å². The van der Waals surface area contributed by atoms with E-state index in [1.807, 2.05) is 6.07 Å². The summed E-state index contributed by atoms with van der Waals surface area (Å²) in [5.74, 6) is 0. The van der Waals surface area contributed by atoms with Gasteiger partial charge in [-0.15, -0.1) is 0 Å². The van der Waals surface area contributed by atoms with E-state index in [2.05, 4.69) is 20.9 Å². The second-order valence-corrected chi connectivity index (χ2v) is 4.93. The van der Waals surface area contributed by atoms with Gasteiger partial charge in [-0.2, -0.15) is 0 Å². The van der Waals surface area contributed by atoms with E-state index >= 15 is 0 Å². The molecular weight excluding hydrogens is 312 g/mol. The Kier molecular flexibility index (Phi) is 4.28. The molecule has 2 aromatic rings. The van der Waals surface area contributed by atoms with Crippen LogP contribution in [-0.4, -0.2) is 20.7 Å². The highest BCUT2D eigenvalue weighted by Gasteiger charge is 2.05. The van der Waals surface area contributed by atoms with E-state index in [0.717, 1.165) is 14.6 Å². The molecule has 100 valence electrons. The average molecular weight is 325 g/mol. The average Bonchev–Trinajstić information content (AvgIpc) is 2.38. The molecule has 2 N–H and O–H groups in total. The van der Waals surface area contributed by atoms with Crippen LogP contribution < -0.4 is 17.0 Å². The Balaban J connectivity index is 2.39. The molecule has 19 heavy (non-hydrogen) atoms. The van der Waals surface area contributed by atoms with Gasteiger partial charge in [0.05, 0.1) is 6.54 Å². The molecule has 0 saturated carbocycles. The second kappa shape index (κ2) is 5.94. The van der Waals surface area contributed by atoms with Crippen LogP contribution in [-0.2, 0) is 13.1 Å². The first-order chi connectivity index (χ1) is 9.11. The normalized spacial score (nSPS) is 10.6. The molecule has 0 aliphatic heterocycles. The number of rotatable bonds is 4. The van der Waals surface area contributed by atoms with Gasteiger partial charge < -0.3 is 5.73 Å². The molecule has 0 atom stereocenters. The van der Waals surface area contributed by atoms with Gasteiger partial charge in [0.1, 0.15) is 0 Å². The molecule has 0 aliphatic carbocycles. The van der Waals surface area contributed by atoms with E-state index in [1.165, 1.54) is 16.8 Å². The quantitative estimate of drug-likeness (QED) is 0.869. The Morgan fingerprint density at radius 2 is 2.11 bits per heavy atom. The van der Waals surface area contributed by atoms with Gasteiger partial charge in [-0.1, -0.05) is 0 Å². The first-order valence-electron chi connectivity index (χ1n) is 5.71. The molecule has 0 saturated heterocycles. The standard InChI is InChI=1S/C12H13BrN4O2/c13-10-5-9(6-15-7-10)8-16-3-1-11(18)17(4-2-14)12(16)19/h1,3,5-7H,2,4,8,14H2. The third-order valence-electron chi connectivity index (χ3n) is 2.61. The van der Waals surface area contributed by atoms with Crippen molar-refractivity contribution in [2.24, 2.45) is 5.73 Å². The maximum Gasteiger partial charge on any atom is 0.331 e. The Labute approximate surface area is 117 Å². The first kappa shape index (κ1) is 13.7. The lowest BCUT2D eigenvalue weighted by Crippen LogP contribution is -2.40. The summed E-state index contributed by atoms with van der Waals surface area (Å²) in [5, 5.41) is 0. The first-order valence-corrected chi connectivity index (χ1v) is 6.51. The van der Waals surface area contributed by atoms with E-state index in [4.69, 9.17) is 5.73 Å². The summed E-state index contributed by atoms with van der Waals surface area (Å²) in [6.07, 6.45) is 4.83.